The number of hydrogen-bond acceptors (Lipinski definition) is 3. The predicted octanol–water partition coefficient (Wildman–Crippen LogP) is 2.60. The lowest BCUT2D eigenvalue weighted by Gasteiger charge is -2.40. The molecule has 0 aromatic heterocycles. The average molecular weight is 252 g/mol. The van der Waals surface area contributed by atoms with Crippen molar-refractivity contribution in [2.75, 3.05) is 6.61 Å². The van der Waals surface area contributed by atoms with Crippen LogP contribution in [-0.4, -0.2) is 12.2 Å². The fourth-order valence-corrected chi connectivity index (χ4v) is 2.74. The zero-order valence-electron chi connectivity index (χ0n) is 11.0. The molecule has 3 nitrogen and oxygen atoms in total. The van der Waals surface area contributed by atoms with Gasteiger partial charge < -0.3 is 4.74 Å². The highest BCUT2D eigenvalue weighted by Gasteiger charge is 2.37. The molecule has 3 N–H and O–H groups in total. The van der Waals surface area contributed by atoms with Crippen LogP contribution in [0, 0.1) is 12.7 Å². The Bertz CT molecular complexity index is 396. The second-order valence-corrected chi connectivity index (χ2v) is 5.28. The molecule has 1 saturated heterocycles. The van der Waals surface area contributed by atoms with E-state index in [-0.39, 0.29) is 17.5 Å². The Labute approximate surface area is 107 Å². The van der Waals surface area contributed by atoms with Crippen molar-refractivity contribution in [1.29, 1.82) is 0 Å². The third-order valence-electron chi connectivity index (χ3n) is 3.67. The minimum absolute atomic E-state index is 0.188. The Kier molecular flexibility index (Phi) is 4.00. The number of aryl methyl sites for hydroxylation is 1. The van der Waals surface area contributed by atoms with Crippen LogP contribution in [0.1, 0.15) is 43.4 Å². The maximum absolute atomic E-state index is 13.5. The summed E-state index contributed by atoms with van der Waals surface area (Å²) >= 11 is 0. The van der Waals surface area contributed by atoms with Crippen molar-refractivity contribution in [2.45, 2.75) is 44.8 Å². The van der Waals surface area contributed by atoms with E-state index in [4.69, 9.17) is 10.6 Å². The third kappa shape index (κ3) is 2.71. The second-order valence-electron chi connectivity index (χ2n) is 5.28. The Morgan fingerprint density at radius 3 is 2.72 bits per heavy atom. The van der Waals surface area contributed by atoms with Gasteiger partial charge in [0.25, 0.3) is 0 Å². The number of nitrogens with one attached hydrogen (secondary N) is 1. The molecule has 2 unspecified atom stereocenters. The lowest BCUT2D eigenvalue weighted by atomic mass is 9.84. The summed E-state index contributed by atoms with van der Waals surface area (Å²) in [5.74, 6) is 5.44. The highest BCUT2D eigenvalue weighted by atomic mass is 19.1. The minimum Gasteiger partial charge on any atom is -0.373 e. The molecule has 1 fully saturated rings. The summed E-state index contributed by atoms with van der Waals surface area (Å²) < 4.78 is 19.4. The molecule has 4 heteroatoms. The van der Waals surface area contributed by atoms with Crippen molar-refractivity contribution >= 4 is 0 Å². The van der Waals surface area contributed by atoms with E-state index >= 15 is 0 Å². The van der Waals surface area contributed by atoms with E-state index in [9.17, 15) is 4.39 Å². The number of ether oxygens (including phenoxy) is 1. The normalized spacial score (nSPS) is 26.0. The smallest absolute Gasteiger partial charge is 0.123 e. The van der Waals surface area contributed by atoms with E-state index in [2.05, 4.69) is 5.43 Å². The first-order valence-electron chi connectivity index (χ1n) is 6.42. The summed E-state index contributed by atoms with van der Waals surface area (Å²) in [6, 6.07) is 4.81. The lowest BCUT2D eigenvalue weighted by Crippen LogP contribution is -2.48. The quantitative estimate of drug-likeness (QED) is 0.642. The van der Waals surface area contributed by atoms with Crippen molar-refractivity contribution < 1.29 is 9.13 Å². The van der Waals surface area contributed by atoms with Gasteiger partial charge in [-0.2, -0.15) is 0 Å². The number of benzene rings is 1. The first-order valence-corrected chi connectivity index (χ1v) is 6.42. The Morgan fingerprint density at radius 1 is 1.39 bits per heavy atom. The van der Waals surface area contributed by atoms with Crippen LogP contribution in [0.25, 0.3) is 0 Å². The van der Waals surface area contributed by atoms with Gasteiger partial charge in [-0.05, 0) is 56.4 Å². The van der Waals surface area contributed by atoms with E-state index in [1.165, 1.54) is 12.1 Å². The fraction of sp³-hybridized carbons (Fsp3) is 0.571. The summed E-state index contributed by atoms with van der Waals surface area (Å²) in [6.07, 6.45) is 3.12. The summed E-state index contributed by atoms with van der Waals surface area (Å²) in [4.78, 5) is 0. The Hall–Kier alpha value is -0.970. The van der Waals surface area contributed by atoms with Crippen molar-refractivity contribution in [3.63, 3.8) is 0 Å². The second kappa shape index (κ2) is 5.34. The van der Waals surface area contributed by atoms with E-state index < -0.39 is 0 Å². The van der Waals surface area contributed by atoms with Crippen LogP contribution in [0.5, 0.6) is 0 Å². The van der Waals surface area contributed by atoms with Gasteiger partial charge in [-0.25, -0.2) is 4.39 Å². The van der Waals surface area contributed by atoms with E-state index in [1.807, 2.05) is 19.9 Å². The number of nitrogens with two attached hydrogens (primary N) is 1. The van der Waals surface area contributed by atoms with E-state index in [0.29, 0.717) is 0 Å². The summed E-state index contributed by atoms with van der Waals surface area (Å²) in [7, 11) is 0. The molecule has 100 valence electrons. The van der Waals surface area contributed by atoms with Crippen LogP contribution in [0.15, 0.2) is 18.2 Å². The van der Waals surface area contributed by atoms with Gasteiger partial charge in [-0.1, -0.05) is 6.07 Å². The predicted molar refractivity (Wildman–Crippen MR) is 69.4 cm³/mol. The van der Waals surface area contributed by atoms with Crippen molar-refractivity contribution in [1.82, 2.24) is 5.43 Å². The molecule has 0 aliphatic carbocycles. The number of hydrazine groups is 1. The van der Waals surface area contributed by atoms with Gasteiger partial charge in [0.05, 0.1) is 11.6 Å². The average Bonchev–Trinajstić information content (AvgIpc) is 2.29. The van der Waals surface area contributed by atoms with Crippen LogP contribution in [-0.2, 0) is 4.74 Å². The molecule has 0 saturated carbocycles. The standard InChI is InChI=1S/C14H21FN2O/c1-10-7-11(9-12(15)8-10)13(17-16)14(2)5-3-4-6-18-14/h7-9,13,17H,3-6,16H2,1-2H3. The highest BCUT2D eigenvalue weighted by molar-refractivity contribution is 5.28. The summed E-state index contributed by atoms with van der Waals surface area (Å²) in [5.41, 5.74) is 4.16. The van der Waals surface area contributed by atoms with Gasteiger partial charge in [0, 0.05) is 6.61 Å². The lowest BCUT2D eigenvalue weighted by molar-refractivity contribution is -0.0899. The van der Waals surface area contributed by atoms with Crippen LogP contribution in [0.2, 0.25) is 0 Å². The molecular formula is C14H21FN2O. The van der Waals surface area contributed by atoms with Gasteiger partial charge in [-0.3, -0.25) is 11.3 Å². The number of halogens is 1. The fourth-order valence-electron chi connectivity index (χ4n) is 2.74. The van der Waals surface area contributed by atoms with Crippen LogP contribution < -0.4 is 11.3 Å². The molecule has 1 heterocycles. The van der Waals surface area contributed by atoms with Gasteiger partial charge in [0.2, 0.25) is 0 Å². The van der Waals surface area contributed by atoms with Crippen molar-refractivity contribution in [2.24, 2.45) is 5.84 Å². The molecule has 1 aliphatic heterocycles. The molecular weight excluding hydrogens is 231 g/mol. The molecule has 2 atom stereocenters. The molecule has 0 bridgehead atoms. The topological polar surface area (TPSA) is 47.3 Å². The first kappa shape index (κ1) is 13.5. The Balaban J connectivity index is 2.31. The maximum atomic E-state index is 13.5. The zero-order chi connectivity index (χ0) is 13.2. The van der Waals surface area contributed by atoms with E-state index in [1.54, 1.807) is 0 Å². The van der Waals surface area contributed by atoms with Crippen LogP contribution >= 0.6 is 0 Å². The molecule has 0 radical (unpaired) electrons. The van der Waals surface area contributed by atoms with Crippen LogP contribution in [0.3, 0.4) is 0 Å². The van der Waals surface area contributed by atoms with E-state index in [0.717, 1.165) is 37.0 Å². The van der Waals surface area contributed by atoms with Gasteiger partial charge in [0.1, 0.15) is 5.82 Å². The number of hydrogen-bond donors (Lipinski definition) is 2. The Morgan fingerprint density at radius 2 is 2.17 bits per heavy atom. The van der Waals surface area contributed by atoms with Gasteiger partial charge >= 0.3 is 0 Å². The van der Waals surface area contributed by atoms with Crippen molar-refractivity contribution in [3.05, 3.63) is 35.1 Å². The number of rotatable bonds is 3. The molecule has 0 amide bonds. The monoisotopic (exact) mass is 252 g/mol. The van der Waals surface area contributed by atoms with Gasteiger partial charge in [0.15, 0.2) is 0 Å². The highest BCUT2D eigenvalue weighted by Crippen LogP contribution is 2.36. The molecule has 1 aromatic carbocycles. The SMILES string of the molecule is Cc1cc(F)cc(C(NN)C2(C)CCCCO2)c1. The molecule has 1 aliphatic rings. The largest absolute Gasteiger partial charge is 0.373 e. The molecule has 18 heavy (non-hydrogen) atoms. The third-order valence-corrected chi connectivity index (χ3v) is 3.67. The maximum Gasteiger partial charge on any atom is 0.123 e. The van der Waals surface area contributed by atoms with Crippen LogP contribution in [0.4, 0.5) is 4.39 Å². The summed E-state index contributed by atoms with van der Waals surface area (Å²) in [5, 5.41) is 0. The van der Waals surface area contributed by atoms with Crippen molar-refractivity contribution in [3.8, 4) is 0 Å². The molecule has 2 rings (SSSR count). The minimum atomic E-state index is -0.368. The first-order chi connectivity index (χ1) is 8.55. The van der Waals surface area contributed by atoms with Gasteiger partial charge in [-0.15, -0.1) is 0 Å². The molecule has 0 spiro atoms. The zero-order valence-corrected chi connectivity index (χ0v) is 11.0. The molecule has 1 aromatic rings. The summed E-state index contributed by atoms with van der Waals surface area (Å²) in [6.45, 7) is 4.66.